The number of hydrogen-bond donors (Lipinski definition) is 1. The standard InChI is InChI=1S/C16H29N3O/c1-3-18-16(13-17)8-4-7-15(10-16)19(2)11-14-6-5-9-20-12-14/h14-15,18H,3-12H2,1-2H3. The Morgan fingerprint density at radius 1 is 1.40 bits per heavy atom. The Hall–Kier alpha value is -0.630. The highest BCUT2D eigenvalue weighted by Crippen LogP contribution is 2.31. The molecule has 0 aromatic rings. The summed E-state index contributed by atoms with van der Waals surface area (Å²) in [7, 11) is 2.22. The van der Waals surface area contributed by atoms with E-state index in [9.17, 15) is 5.26 Å². The Bertz CT molecular complexity index is 331. The Kier molecular flexibility index (Phi) is 5.83. The van der Waals surface area contributed by atoms with Crippen LogP contribution in [0.4, 0.5) is 0 Å². The third kappa shape index (κ3) is 3.94. The number of hydrogen-bond acceptors (Lipinski definition) is 4. The molecule has 0 amide bonds. The normalized spacial score (nSPS) is 34.9. The van der Waals surface area contributed by atoms with Gasteiger partial charge in [-0.2, -0.15) is 5.26 Å². The summed E-state index contributed by atoms with van der Waals surface area (Å²) in [5.74, 6) is 0.672. The first-order valence-electron chi connectivity index (χ1n) is 8.13. The third-order valence-corrected chi connectivity index (χ3v) is 4.88. The lowest BCUT2D eigenvalue weighted by atomic mass is 9.79. The second-order valence-electron chi connectivity index (χ2n) is 6.50. The Morgan fingerprint density at radius 2 is 2.25 bits per heavy atom. The molecule has 20 heavy (non-hydrogen) atoms. The zero-order valence-corrected chi connectivity index (χ0v) is 13.0. The molecule has 114 valence electrons. The van der Waals surface area contributed by atoms with E-state index in [4.69, 9.17) is 4.74 Å². The minimum atomic E-state index is -0.297. The van der Waals surface area contributed by atoms with Crippen LogP contribution in [0.1, 0.15) is 45.4 Å². The van der Waals surface area contributed by atoms with Crippen molar-refractivity contribution in [3.8, 4) is 6.07 Å². The Balaban J connectivity index is 1.88. The molecule has 0 aromatic heterocycles. The quantitative estimate of drug-likeness (QED) is 0.838. The van der Waals surface area contributed by atoms with Gasteiger partial charge in [0.2, 0.25) is 0 Å². The molecular weight excluding hydrogens is 250 g/mol. The molecule has 0 spiro atoms. The summed E-state index contributed by atoms with van der Waals surface area (Å²) in [5.41, 5.74) is -0.297. The molecule has 2 rings (SSSR count). The van der Waals surface area contributed by atoms with Gasteiger partial charge in [0.25, 0.3) is 0 Å². The van der Waals surface area contributed by atoms with Crippen LogP contribution in [0.15, 0.2) is 0 Å². The van der Waals surface area contributed by atoms with Gasteiger partial charge in [0, 0.05) is 19.2 Å². The molecule has 3 unspecified atom stereocenters. The molecule has 1 aliphatic heterocycles. The van der Waals surface area contributed by atoms with Crippen molar-refractivity contribution in [3.05, 3.63) is 0 Å². The Morgan fingerprint density at radius 3 is 2.90 bits per heavy atom. The average Bonchev–Trinajstić information content (AvgIpc) is 2.49. The SMILES string of the molecule is CCNC1(C#N)CCCC(N(C)CC2CCCOC2)C1. The first-order chi connectivity index (χ1) is 9.69. The highest BCUT2D eigenvalue weighted by Gasteiger charge is 2.37. The second-order valence-corrected chi connectivity index (χ2v) is 6.50. The number of rotatable bonds is 5. The largest absolute Gasteiger partial charge is 0.381 e. The van der Waals surface area contributed by atoms with Gasteiger partial charge in [-0.15, -0.1) is 0 Å². The lowest BCUT2D eigenvalue weighted by Crippen LogP contribution is -2.52. The van der Waals surface area contributed by atoms with E-state index in [0.717, 1.165) is 45.6 Å². The van der Waals surface area contributed by atoms with Crippen LogP contribution in [0.3, 0.4) is 0 Å². The van der Waals surface area contributed by atoms with Crippen LogP contribution < -0.4 is 5.32 Å². The van der Waals surface area contributed by atoms with Crippen LogP contribution in [-0.2, 0) is 4.74 Å². The Labute approximate surface area is 123 Å². The second kappa shape index (κ2) is 7.40. The van der Waals surface area contributed by atoms with E-state index in [1.165, 1.54) is 19.3 Å². The predicted octanol–water partition coefficient (Wildman–Crippen LogP) is 2.16. The van der Waals surface area contributed by atoms with E-state index in [-0.39, 0.29) is 5.54 Å². The molecule has 1 heterocycles. The van der Waals surface area contributed by atoms with Crippen molar-refractivity contribution in [1.82, 2.24) is 10.2 Å². The monoisotopic (exact) mass is 279 g/mol. The maximum atomic E-state index is 9.54. The number of ether oxygens (including phenoxy) is 1. The molecule has 1 saturated carbocycles. The minimum absolute atomic E-state index is 0.297. The van der Waals surface area contributed by atoms with E-state index < -0.39 is 0 Å². The molecule has 2 aliphatic rings. The highest BCUT2D eigenvalue weighted by atomic mass is 16.5. The van der Waals surface area contributed by atoms with Crippen molar-refractivity contribution < 1.29 is 4.74 Å². The number of nitriles is 1. The molecule has 3 atom stereocenters. The highest BCUT2D eigenvalue weighted by molar-refractivity contribution is 5.11. The summed E-state index contributed by atoms with van der Waals surface area (Å²) in [6.07, 6.45) is 6.81. The first-order valence-corrected chi connectivity index (χ1v) is 8.13. The van der Waals surface area contributed by atoms with Gasteiger partial charge >= 0.3 is 0 Å². The smallest absolute Gasteiger partial charge is 0.108 e. The van der Waals surface area contributed by atoms with E-state index in [1.807, 2.05) is 0 Å². The fourth-order valence-electron chi connectivity index (χ4n) is 3.77. The molecule has 4 heteroatoms. The molecule has 0 bridgehead atoms. The van der Waals surface area contributed by atoms with Crippen LogP contribution in [0.2, 0.25) is 0 Å². The van der Waals surface area contributed by atoms with Crippen molar-refractivity contribution in [2.24, 2.45) is 5.92 Å². The van der Waals surface area contributed by atoms with Crippen molar-refractivity contribution in [2.45, 2.75) is 57.0 Å². The van der Waals surface area contributed by atoms with Crippen LogP contribution in [0.25, 0.3) is 0 Å². The summed E-state index contributed by atoms with van der Waals surface area (Å²) < 4.78 is 5.58. The first kappa shape index (κ1) is 15.8. The zero-order valence-electron chi connectivity index (χ0n) is 13.0. The molecule has 1 saturated heterocycles. The van der Waals surface area contributed by atoms with Gasteiger partial charge < -0.3 is 9.64 Å². The van der Waals surface area contributed by atoms with Gasteiger partial charge in [-0.3, -0.25) is 5.32 Å². The van der Waals surface area contributed by atoms with Gasteiger partial charge in [-0.05, 0) is 58.0 Å². The van der Waals surface area contributed by atoms with E-state index in [1.54, 1.807) is 0 Å². The van der Waals surface area contributed by atoms with Gasteiger partial charge in [-0.25, -0.2) is 0 Å². The fraction of sp³-hybridized carbons (Fsp3) is 0.938. The molecule has 2 fully saturated rings. The molecule has 0 aromatic carbocycles. The van der Waals surface area contributed by atoms with Crippen LogP contribution >= 0.6 is 0 Å². The van der Waals surface area contributed by atoms with Crippen molar-refractivity contribution in [1.29, 1.82) is 5.26 Å². The van der Waals surface area contributed by atoms with Gasteiger partial charge in [0.15, 0.2) is 0 Å². The van der Waals surface area contributed by atoms with Crippen molar-refractivity contribution >= 4 is 0 Å². The predicted molar refractivity (Wildman–Crippen MR) is 80.4 cm³/mol. The summed E-state index contributed by atoms with van der Waals surface area (Å²) in [5, 5.41) is 13.0. The van der Waals surface area contributed by atoms with E-state index in [2.05, 4.69) is 30.3 Å². The van der Waals surface area contributed by atoms with Gasteiger partial charge in [-0.1, -0.05) is 6.92 Å². The van der Waals surface area contributed by atoms with Crippen molar-refractivity contribution in [3.63, 3.8) is 0 Å². The van der Waals surface area contributed by atoms with E-state index in [0.29, 0.717) is 12.0 Å². The topological polar surface area (TPSA) is 48.3 Å². The lowest BCUT2D eigenvalue weighted by Gasteiger charge is -2.41. The molecular formula is C16H29N3O. The summed E-state index contributed by atoms with van der Waals surface area (Å²) >= 11 is 0. The zero-order chi connectivity index (χ0) is 14.4. The molecule has 1 N–H and O–H groups in total. The maximum absolute atomic E-state index is 9.54. The average molecular weight is 279 g/mol. The fourth-order valence-corrected chi connectivity index (χ4v) is 3.77. The van der Waals surface area contributed by atoms with Gasteiger partial charge in [0.1, 0.15) is 5.54 Å². The maximum Gasteiger partial charge on any atom is 0.108 e. The molecule has 0 radical (unpaired) electrons. The third-order valence-electron chi connectivity index (χ3n) is 4.88. The molecule has 1 aliphatic carbocycles. The lowest BCUT2D eigenvalue weighted by molar-refractivity contribution is 0.0299. The van der Waals surface area contributed by atoms with E-state index >= 15 is 0 Å². The molecule has 4 nitrogen and oxygen atoms in total. The van der Waals surface area contributed by atoms with Gasteiger partial charge in [0.05, 0.1) is 12.7 Å². The van der Waals surface area contributed by atoms with Crippen LogP contribution in [0.5, 0.6) is 0 Å². The van der Waals surface area contributed by atoms with Crippen molar-refractivity contribution in [2.75, 3.05) is 33.4 Å². The minimum Gasteiger partial charge on any atom is -0.381 e. The van der Waals surface area contributed by atoms with Crippen LogP contribution in [0, 0.1) is 17.2 Å². The summed E-state index contributed by atoms with van der Waals surface area (Å²) in [6.45, 7) is 5.92. The summed E-state index contributed by atoms with van der Waals surface area (Å²) in [4.78, 5) is 2.47. The number of nitrogens with one attached hydrogen (secondary N) is 1. The number of nitrogens with zero attached hydrogens (tertiary/aromatic N) is 2. The summed E-state index contributed by atoms with van der Waals surface area (Å²) in [6, 6.07) is 3.08. The van der Waals surface area contributed by atoms with Crippen LogP contribution in [-0.4, -0.2) is 49.8 Å².